The molecule has 2 N–H and O–H groups in total. The van der Waals surface area contributed by atoms with E-state index in [0.29, 0.717) is 0 Å². The third kappa shape index (κ3) is 3.71. The molecule has 0 heterocycles. The van der Waals surface area contributed by atoms with Gasteiger partial charge in [-0.2, -0.15) is 0 Å². The minimum Gasteiger partial charge on any atom is -0.398 e. The second-order valence-corrected chi connectivity index (χ2v) is 5.77. The Bertz CT molecular complexity index is 374. The van der Waals surface area contributed by atoms with E-state index in [1.54, 1.807) is 0 Å². The maximum Gasteiger partial charge on any atom is 0.0461 e. The smallest absolute Gasteiger partial charge is 0.0461 e. The highest BCUT2D eigenvalue weighted by Gasteiger charge is 2.28. The summed E-state index contributed by atoms with van der Waals surface area (Å²) in [5.41, 5.74) is 8.09. The van der Waals surface area contributed by atoms with E-state index in [4.69, 9.17) is 5.73 Å². The van der Waals surface area contributed by atoms with Gasteiger partial charge in [0.05, 0.1) is 0 Å². The maximum atomic E-state index is 5.92. The second-order valence-electron chi connectivity index (χ2n) is 4.91. The number of hydrogen-bond acceptors (Lipinski definition) is 2. The zero-order valence-electron chi connectivity index (χ0n) is 10.5. The summed E-state index contributed by atoms with van der Waals surface area (Å²) in [6.07, 6.45) is 5.31. The molecular weight excluding hydrogens is 276 g/mol. The molecule has 0 bridgehead atoms. The summed E-state index contributed by atoms with van der Waals surface area (Å²) in [7, 11) is 0. The lowest BCUT2D eigenvalue weighted by Crippen LogP contribution is -2.26. The lowest BCUT2D eigenvalue weighted by Gasteiger charge is -2.22. The van der Waals surface area contributed by atoms with E-state index in [9.17, 15) is 0 Å². The Labute approximate surface area is 112 Å². The molecule has 1 saturated carbocycles. The first-order chi connectivity index (χ1) is 8.20. The highest BCUT2D eigenvalue weighted by atomic mass is 79.9. The Balaban J connectivity index is 1.98. The van der Waals surface area contributed by atoms with Gasteiger partial charge in [-0.1, -0.05) is 19.4 Å². The average molecular weight is 297 g/mol. The van der Waals surface area contributed by atoms with Crippen LogP contribution < -0.4 is 5.73 Å². The van der Waals surface area contributed by atoms with Crippen molar-refractivity contribution in [3.8, 4) is 0 Å². The van der Waals surface area contributed by atoms with Gasteiger partial charge in [0, 0.05) is 22.7 Å². The van der Waals surface area contributed by atoms with Gasteiger partial charge in [0.25, 0.3) is 0 Å². The van der Waals surface area contributed by atoms with Crippen LogP contribution in [0.4, 0.5) is 5.69 Å². The lowest BCUT2D eigenvalue weighted by molar-refractivity contribution is 0.251. The number of unbranched alkanes of at least 4 members (excludes halogenated alkanes) is 1. The molecule has 0 atom stereocenters. The van der Waals surface area contributed by atoms with Crippen molar-refractivity contribution in [2.24, 2.45) is 0 Å². The van der Waals surface area contributed by atoms with Crippen LogP contribution in [0.2, 0.25) is 0 Å². The fourth-order valence-corrected chi connectivity index (χ4v) is 2.36. The summed E-state index contributed by atoms with van der Waals surface area (Å²) in [5.74, 6) is 0. The molecule has 1 fully saturated rings. The highest BCUT2D eigenvalue weighted by Crippen LogP contribution is 2.29. The molecule has 0 radical (unpaired) electrons. The normalized spacial score (nSPS) is 15.5. The predicted molar refractivity (Wildman–Crippen MR) is 76.9 cm³/mol. The van der Waals surface area contributed by atoms with Gasteiger partial charge in [-0.05, 0) is 59.4 Å². The van der Waals surface area contributed by atoms with Crippen LogP contribution in [0.25, 0.3) is 0 Å². The Morgan fingerprint density at radius 3 is 2.76 bits per heavy atom. The predicted octanol–water partition coefficient (Wildman–Crippen LogP) is 3.80. The number of anilines is 1. The number of nitrogens with zero attached hydrogens (tertiary/aromatic N) is 1. The molecule has 0 amide bonds. The van der Waals surface area contributed by atoms with Crippen molar-refractivity contribution in [2.75, 3.05) is 12.3 Å². The van der Waals surface area contributed by atoms with E-state index in [-0.39, 0.29) is 0 Å². The molecule has 94 valence electrons. The van der Waals surface area contributed by atoms with Gasteiger partial charge in [-0.15, -0.1) is 0 Å². The molecule has 1 aromatic rings. The Kier molecular flexibility index (Phi) is 4.46. The molecular formula is C14H21BrN2. The number of rotatable bonds is 6. The van der Waals surface area contributed by atoms with Gasteiger partial charge in [-0.3, -0.25) is 4.90 Å². The molecule has 2 nitrogen and oxygen atoms in total. The maximum absolute atomic E-state index is 5.92. The van der Waals surface area contributed by atoms with Gasteiger partial charge in [0.2, 0.25) is 0 Å². The molecule has 0 saturated heterocycles. The number of halogens is 1. The van der Waals surface area contributed by atoms with Crippen LogP contribution in [-0.4, -0.2) is 17.5 Å². The molecule has 0 unspecified atom stereocenters. The van der Waals surface area contributed by atoms with E-state index in [1.165, 1.54) is 37.8 Å². The Morgan fingerprint density at radius 1 is 1.41 bits per heavy atom. The van der Waals surface area contributed by atoms with E-state index in [2.05, 4.69) is 46.0 Å². The largest absolute Gasteiger partial charge is 0.398 e. The van der Waals surface area contributed by atoms with Gasteiger partial charge in [0.15, 0.2) is 0 Å². The zero-order chi connectivity index (χ0) is 12.3. The molecule has 0 aliphatic heterocycles. The van der Waals surface area contributed by atoms with Crippen molar-refractivity contribution in [3.05, 3.63) is 28.2 Å². The van der Waals surface area contributed by atoms with Crippen molar-refractivity contribution < 1.29 is 0 Å². The fraction of sp³-hybridized carbons (Fsp3) is 0.571. The van der Waals surface area contributed by atoms with Crippen LogP contribution in [0, 0.1) is 0 Å². The SMILES string of the molecule is CCCCN(Cc1ccc(Br)c(N)c1)C1CC1. The second kappa shape index (κ2) is 5.87. The summed E-state index contributed by atoms with van der Waals surface area (Å²) < 4.78 is 0.993. The molecule has 1 aromatic carbocycles. The van der Waals surface area contributed by atoms with Crippen molar-refractivity contribution in [1.82, 2.24) is 4.90 Å². The molecule has 3 heteroatoms. The Hall–Kier alpha value is -0.540. The minimum atomic E-state index is 0.825. The summed E-state index contributed by atoms with van der Waals surface area (Å²) in [6, 6.07) is 7.13. The molecule has 0 spiro atoms. The summed E-state index contributed by atoms with van der Waals surface area (Å²) >= 11 is 3.44. The number of hydrogen-bond donors (Lipinski definition) is 1. The summed E-state index contributed by atoms with van der Waals surface area (Å²) in [6.45, 7) is 4.52. The standard InChI is InChI=1S/C14H21BrN2/c1-2-3-8-17(12-5-6-12)10-11-4-7-13(15)14(16)9-11/h4,7,9,12H,2-3,5-6,8,10,16H2,1H3. The summed E-state index contributed by atoms with van der Waals surface area (Å²) in [4.78, 5) is 2.60. The Morgan fingerprint density at radius 2 is 2.18 bits per heavy atom. The van der Waals surface area contributed by atoms with E-state index >= 15 is 0 Å². The van der Waals surface area contributed by atoms with Crippen LogP contribution in [0.1, 0.15) is 38.2 Å². The molecule has 2 rings (SSSR count). The first-order valence-corrected chi connectivity index (χ1v) is 7.28. The quantitative estimate of drug-likeness (QED) is 0.809. The van der Waals surface area contributed by atoms with Crippen molar-refractivity contribution in [2.45, 2.75) is 45.2 Å². The average Bonchev–Trinajstić information content (AvgIpc) is 3.13. The fourth-order valence-electron chi connectivity index (χ4n) is 2.12. The highest BCUT2D eigenvalue weighted by molar-refractivity contribution is 9.10. The lowest BCUT2D eigenvalue weighted by atomic mass is 10.2. The van der Waals surface area contributed by atoms with E-state index in [0.717, 1.165) is 22.7 Å². The number of benzene rings is 1. The van der Waals surface area contributed by atoms with Gasteiger partial charge in [0.1, 0.15) is 0 Å². The third-order valence-electron chi connectivity index (χ3n) is 3.31. The van der Waals surface area contributed by atoms with Crippen LogP contribution in [-0.2, 0) is 6.54 Å². The third-order valence-corrected chi connectivity index (χ3v) is 4.03. The minimum absolute atomic E-state index is 0.825. The first kappa shape index (κ1) is 12.9. The van der Waals surface area contributed by atoms with Crippen LogP contribution in [0.5, 0.6) is 0 Å². The van der Waals surface area contributed by atoms with E-state index < -0.39 is 0 Å². The van der Waals surface area contributed by atoms with Crippen LogP contribution in [0.15, 0.2) is 22.7 Å². The molecule has 1 aliphatic carbocycles. The molecule has 17 heavy (non-hydrogen) atoms. The first-order valence-electron chi connectivity index (χ1n) is 6.48. The van der Waals surface area contributed by atoms with Crippen LogP contribution in [0.3, 0.4) is 0 Å². The van der Waals surface area contributed by atoms with Crippen molar-refractivity contribution >= 4 is 21.6 Å². The van der Waals surface area contributed by atoms with Gasteiger partial charge >= 0.3 is 0 Å². The molecule has 0 aromatic heterocycles. The van der Waals surface area contributed by atoms with Gasteiger partial charge < -0.3 is 5.73 Å². The van der Waals surface area contributed by atoms with Gasteiger partial charge in [-0.25, -0.2) is 0 Å². The monoisotopic (exact) mass is 296 g/mol. The number of nitrogen functional groups attached to an aromatic ring is 1. The van der Waals surface area contributed by atoms with E-state index in [1.807, 2.05) is 0 Å². The molecule has 1 aliphatic rings. The van der Waals surface area contributed by atoms with Crippen LogP contribution >= 0.6 is 15.9 Å². The topological polar surface area (TPSA) is 29.3 Å². The zero-order valence-corrected chi connectivity index (χ0v) is 12.0. The summed E-state index contributed by atoms with van der Waals surface area (Å²) in [5, 5.41) is 0. The van der Waals surface area contributed by atoms with Crippen molar-refractivity contribution in [1.29, 1.82) is 0 Å². The van der Waals surface area contributed by atoms with Crippen molar-refractivity contribution in [3.63, 3.8) is 0 Å². The number of nitrogens with two attached hydrogens (primary N) is 1.